The molecule has 0 aliphatic rings. The molecule has 0 saturated carbocycles. The van der Waals surface area contributed by atoms with Crippen LogP contribution in [0, 0.1) is 0 Å². The fourth-order valence-electron chi connectivity index (χ4n) is 3.08. The van der Waals surface area contributed by atoms with Gasteiger partial charge in [0.1, 0.15) is 11.5 Å². The lowest BCUT2D eigenvalue weighted by Crippen LogP contribution is -2.16. The summed E-state index contributed by atoms with van der Waals surface area (Å²) in [6, 6.07) is 18.1. The lowest BCUT2D eigenvalue weighted by Gasteiger charge is -2.03. The highest BCUT2D eigenvalue weighted by atomic mass is 79.9. The average molecular weight is 430 g/mol. The quantitative estimate of drug-likeness (QED) is 0.359. The Hall–Kier alpha value is -2.01. The van der Waals surface area contributed by atoms with Gasteiger partial charge in [-0.2, -0.15) is 0 Å². The minimum absolute atomic E-state index is 0.674. The number of para-hydroxylation sites is 1. The first-order valence-electron chi connectivity index (χ1n) is 8.50. The first kappa shape index (κ1) is 17.4. The molecule has 5 heteroatoms. The van der Waals surface area contributed by atoms with Crippen molar-refractivity contribution in [2.45, 2.75) is 13.0 Å². The van der Waals surface area contributed by atoms with Crippen molar-refractivity contribution in [3.05, 3.63) is 81.6 Å². The molecule has 132 valence electrons. The molecule has 2 aromatic carbocycles. The zero-order chi connectivity index (χ0) is 17.9. The van der Waals surface area contributed by atoms with Gasteiger partial charge in [0.05, 0.1) is 11.6 Å². The monoisotopic (exact) mass is 428 g/mol. The molecule has 0 saturated heterocycles. The van der Waals surface area contributed by atoms with Gasteiger partial charge in [-0.15, -0.1) is 0 Å². The van der Waals surface area contributed by atoms with Crippen LogP contribution < -0.4 is 5.32 Å². The van der Waals surface area contributed by atoms with E-state index in [0.717, 1.165) is 34.5 Å². The Morgan fingerprint density at radius 1 is 1.08 bits per heavy atom. The number of rotatable bonds is 6. The van der Waals surface area contributed by atoms with E-state index in [4.69, 9.17) is 16.0 Å². The van der Waals surface area contributed by atoms with Crippen LogP contribution in [0.2, 0.25) is 5.02 Å². The van der Waals surface area contributed by atoms with Gasteiger partial charge in [0, 0.05) is 27.1 Å². The standard InChI is InChI=1S/C21H18BrClN2O/c22-15-5-7-18(19(23)11-15)21-8-6-16(26-21)13-24-10-9-14-12-25-20-4-2-1-3-17(14)20/h1-8,11-12,24-25H,9-10,13H2. The van der Waals surface area contributed by atoms with Crippen LogP contribution in [0.1, 0.15) is 11.3 Å². The number of benzene rings is 2. The van der Waals surface area contributed by atoms with E-state index in [1.54, 1.807) is 0 Å². The van der Waals surface area contributed by atoms with Crippen molar-refractivity contribution in [2.24, 2.45) is 0 Å². The number of fused-ring (bicyclic) bond motifs is 1. The Labute approximate surface area is 165 Å². The fourth-order valence-corrected chi connectivity index (χ4v) is 3.85. The summed E-state index contributed by atoms with van der Waals surface area (Å²) >= 11 is 9.72. The lowest BCUT2D eigenvalue weighted by molar-refractivity contribution is 0.495. The zero-order valence-electron chi connectivity index (χ0n) is 14.1. The van der Waals surface area contributed by atoms with Crippen molar-refractivity contribution >= 4 is 38.4 Å². The van der Waals surface area contributed by atoms with E-state index in [-0.39, 0.29) is 0 Å². The lowest BCUT2D eigenvalue weighted by atomic mass is 10.1. The SMILES string of the molecule is Clc1cc(Br)ccc1-c1ccc(CNCCc2c[nH]c3ccccc23)o1. The third-order valence-electron chi connectivity index (χ3n) is 4.40. The van der Waals surface area contributed by atoms with Crippen LogP contribution in [0.3, 0.4) is 0 Å². The Morgan fingerprint density at radius 2 is 1.96 bits per heavy atom. The molecule has 4 rings (SSSR count). The third-order valence-corrected chi connectivity index (χ3v) is 5.21. The van der Waals surface area contributed by atoms with E-state index in [1.807, 2.05) is 36.4 Å². The van der Waals surface area contributed by atoms with Crippen LogP contribution in [-0.4, -0.2) is 11.5 Å². The molecule has 0 amide bonds. The maximum atomic E-state index is 6.30. The van der Waals surface area contributed by atoms with E-state index < -0.39 is 0 Å². The molecule has 3 nitrogen and oxygen atoms in total. The van der Waals surface area contributed by atoms with E-state index in [9.17, 15) is 0 Å². The minimum Gasteiger partial charge on any atom is -0.460 e. The summed E-state index contributed by atoms with van der Waals surface area (Å²) in [5, 5.41) is 5.41. The summed E-state index contributed by atoms with van der Waals surface area (Å²) in [5.41, 5.74) is 3.42. The summed E-state index contributed by atoms with van der Waals surface area (Å²) in [4.78, 5) is 3.32. The number of aromatic nitrogens is 1. The molecule has 0 aliphatic carbocycles. The molecule has 0 aliphatic heterocycles. The fraction of sp³-hybridized carbons (Fsp3) is 0.143. The highest BCUT2D eigenvalue weighted by molar-refractivity contribution is 9.10. The molecule has 4 aromatic rings. The average Bonchev–Trinajstić information content (AvgIpc) is 3.26. The Bertz CT molecular complexity index is 1040. The second-order valence-electron chi connectivity index (χ2n) is 6.18. The second kappa shape index (κ2) is 7.70. The van der Waals surface area contributed by atoms with Crippen molar-refractivity contribution in [1.29, 1.82) is 0 Å². The number of nitrogens with one attached hydrogen (secondary N) is 2. The van der Waals surface area contributed by atoms with Crippen molar-refractivity contribution < 1.29 is 4.42 Å². The van der Waals surface area contributed by atoms with Crippen molar-refractivity contribution in [1.82, 2.24) is 10.3 Å². The number of furan rings is 1. The van der Waals surface area contributed by atoms with Gasteiger partial charge in [0.25, 0.3) is 0 Å². The maximum absolute atomic E-state index is 6.30. The first-order valence-corrected chi connectivity index (χ1v) is 9.67. The number of H-pyrrole nitrogens is 1. The van der Waals surface area contributed by atoms with Crippen molar-refractivity contribution in [3.8, 4) is 11.3 Å². The molecule has 2 aromatic heterocycles. The minimum atomic E-state index is 0.674. The molecule has 26 heavy (non-hydrogen) atoms. The van der Waals surface area contributed by atoms with Gasteiger partial charge in [-0.1, -0.05) is 45.7 Å². The Balaban J connectivity index is 1.35. The van der Waals surface area contributed by atoms with Crippen LogP contribution in [0.4, 0.5) is 0 Å². The van der Waals surface area contributed by atoms with Gasteiger partial charge in [-0.3, -0.25) is 0 Å². The summed E-state index contributed by atoms with van der Waals surface area (Å²) in [5.74, 6) is 1.69. The highest BCUT2D eigenvalue weighted by Crippen LogP contribution is 2.31. The molecule has 2 heterocycles. The van der Waals surface area contributed by atoms with Gasteiger partial charge in [-0.05, 0) is 54.9 Å². The largest absolute Gasteiger partial charge is 0.460 e. The van der Waals surface area contributed by atoms with Gasteiger partial charge < -0.3 is 14.7 Å². The molecule has 0 bridgehead atoms. The highest BCUT2D eigenvalue weighted by Gasteiger charge is 2.09. The first-order chi connectivity index (χ1) is 12.7. The third kappa shape index (κ3) is 3.73. The molecule has 0 atom stereocenters. The van der Waals surface area contributed by atoms with E-state index >= 15 is 0 Å². The molecule has 0 spiro atoms. The van der Waals surface area contributed by atoms with E-state index in [2.05, 4.69) is 50.6 Å². The predicted molar refractivity (Wildman–Crippen MR) is 111 cm³/mol. The second-order valence-corrected chi connectivity index (χ2v) is 7.50. The van der Waals surface area contributed by atoms with Crippen LogP contribution in [-0.2, 0) is 13.0 Å². The van der Waals surface area contributed by atoms with Crippen LogP contribution in [0.25, 0.3) is 22.2 Å². The molecular formula is C21H18BrClN2O. The van der Waals surface area contributed by atoms with Crippen LogP contribution in [0.15, 0.2) is 69.7 Å². The normalized spacial score (nSPS) is 11.3. The molecular weight excluding hydrogens is 412 g/mol. The molecule has 0 fully saturated rings. The van der Waals surface area contributed by atoms with Gasteiger partial charge in [0.2, 0.25) is 0 Å². The topological polar surface area (TPSA) is 41.0 Å². The van der Waals surface area contributed by atoms with Gasteiger partial charge in [-0.25, -0.2) is 0 Å². The smallest absolute Gasteiger partial charge is 0.135 e. The van der Waals surface area contributed by atoms with Crippen LogP contribution >= 0.6 is 27.5 Å². The summed E-state index contributed by atoms with van der Waals surface area (Å²) in [7, 11) is 0. The van der Waals surface area contributed by atoms with E-state index in [0.29, 0.717) is 11.6 Å². The van der Waals surface area contributed by atoms with Gasteiger partial charge in [0.15, 0.2) is 0 Å². The maximum Gasteiger partial charge on any atom is 0.135 e. The Kier molecular flexibility index (Phi) is 5.16. The molecule has 2 N–H and O–H groups in total. The van der Waals surface area contributed by atoms with Crippen LogP contribution in [0.5, 0.6) is 0 Å². The molecule has 0 unspecified atom stereocenters. The van der Waals surface area contributed by atoms with Crippen molar-refractivity contribution in [3.63, 3.8) is 0 Å². The zero-order valence-corrected chi connectivity index (χ0v) is 16.4. The number of hydrogen-bond acceptors (Lipinski definition) is 2. The number of aromatic amines is 1. The van der Waals surface area contributed by atoms with Crippen molar-refractivity contribution in [2.75, 3.05) is 6.54 Å². The predicted octanol–water partition coefficient (Wildman–Crippen LogP) is 6.18. The number of halogens is 2. The summed E-state index contributed by atoms with van der Waals surface area (Å²) in [6.07, 6.45) is 3.06. The van der Waals surface area contributed by atoms with Gasteiger partial charge >= 0.3 is 0 Å². The Morgan fingerprint density at radius 3 is 2.85 bits per heavy atom. The molecule has 0 radical (unpaired) electrons. The summed E-state index contributed by atoms with van der Waals surface area (Å²) in [6.45, 7) is 1.58. The number of hydrogen-bond donors (Lipinski definition) is 2. The van der Waals surface area contributed by atoms with E-state index in [1.165, 1.54) is 16.5 Å². The summed E-state index contributed by atoms with van der Waals surface area (Å²) < 4.78 is 6.89.